The molecular weight excluding hydrogens is 302 g/mol. The lowest BCUT2D eigenvalue weighted by atomic mass is 10.1. The van der Waals surface area contributed by atoms with E-state index < -0.39 is 0 Å². The number of rotatable bonds is 4. The Morgan fingerprint density at radius 3 is 2.50 bits per heavy atom. The van der Waals surface area contributed by atoms with E-state index in [1.807, 2.05) is 18.2 Å². The first-order valence-electron chi connectivity index (χ1n) is 6.44. The topological polar surface area (TPSA) is 65.7 Å². The molecule has 0 atom stereocenters. The van der Waals surface area contributed by atoms with Gasteiger partial charge in [-0.05, 0) is 23.8 Å². The Morgan fingerprint density at radius 1 is 1.09 bits per heavy atom. The van der Waals surface area contributed by atoms with Crippen LogP contribution in [0, 0.1) is 0 Å². The predicted molar refractivity (Wildman–Crippen MR) is 85.6 cm³/mol. The number of nitrogens with zero attached hydrogens (tertiary/aromatic N) is 3. The normalized spacial score (nSPS) is 11.2. The van der Waals surface area contributed by atoms with Gasteiger partial charge in [0.1, 0.15) is 17.0 Å². The zero-order valence-corrected chi connectivity index (χ0v) is 12.8. The van der Waals surface area contributed by atoms with Gasteiger partial charge in [-0.2, -0.15) is 9.61 Å². The maximum atomic E-state index is 11.9. The summed E-state index contributed by atoms with van der Waals surface area (Å²) in [5.41, 5.74) is 2.86. The molecule has 3 rings (SSSR count). The van der Waals surface area contributed by atoms with E-state index in [0.717, 1.165) is 5.56 Å². The van der Waals surface area contributed by atoms with Crippen LogP contribution in [-0.2, 0) is 0 Å². The van der Waals surface area contributed by atoms with Gasteiger partial charge in [-0.15, -0.1) is 0 Å². The van der Waals surface area contributed by atoms with E-state index in [1.165, 1.54) is 21.9 Å². The zero-order chi connectivity index (χ0) is 15.5. The van der Waals surface area contributed by atoms with Crippen molar-refractivity contribution in [2.24, 2.45) is 0 Å². The Morgan fingerprint density at radius 2 is 1.82 bits per heavy atom. The highest BCUT2D eigenvalue weighted by Crippen LogP contribution is 2.23. The number of benzene rings is 1. The first-order chi connectivity index (χ1) is 10.7. The van der Waals surface area contributed by atoms with Gasteiger partial charge < -0.3 is 9.47 Å². The maximum Gasteiger partial charge on any atom is 0.275 e. The molecule has 0 aliphatic carbocycles. The van der Waals surface area contributed by atoms with E-state index in [2.05, 4.69) is 10.1 Å². The average Bonchev–Trinajstić information content (AvgIpc) is 3.01. The minimum absolute atomic E-state index is 0.200. The third kappa shape index (κ3) is 2.84. The fourth-order valence-electron chi connectivity index (χ4n) is 1.97. The number of fused-ring (bicyclic) bond motifs is 1. The molecule has 0 N–H and O–H groups in total. The summed E-state index contributed by atoms with van der Waals surface area (Å²) < 4.78 is 11.7. The van der Waals surface area contributed by atoms with Gasteiger partial charge in [-0.3, -0.25) is 4.79 Å². The number of hydrogen-bond donors (Lipinski definition) is 0. The molecule has 2 heterocycles. The largest absolute Gasteiger partial charge is 0.497 e. The highest BCUT2D eigenvalue weighted by Gasteiger charge is 2.03. The van der Waals surface area contributed by atoms with Crippen molar-refractivity contribution in [3.63, 3.8) is 0 Å². The molecule has 7 heteroatoms. The van der Waals surface area contributed by atoms with E-state index in [1.54, 1.807) is 31.9 Å². The molecule has 0 radical (unpaired) electrons. The van der Waals surface area contributed by atoms with Crippen molar-refractivity contribution >= 4 is 28.4 Å². The van der Waals surface area contributed by atoms with Crippen LogP contribution in [0.15, 0.2) is 34.6 Å². The average molecular weight is 315 g/mol. The van der Waals surface area contributed by atoms with Crippen LogP contribution in [-0.4, -0.2) is 28.8 Å². The van der Waals surface area contributed by atoms with Crippen LogP contribution in [0.25, 0.3) is 17.1 Å². The number of hydrogen-bond acceptors (Lipinski definition) is 6. The van der Waals surface area contributed by atoms with Crippen LogP contribution in [0.3, 0.4) is 0 Å². The van der Waals surface area contributed by atoms with Gasteiger partial charge in [-0.1, -0.05) is 17.4 Å². The summed E-state index contributed by atoms with van der Waals surface area (Å²) in [6.07, 6.45) is 3.62. The van der Waals surface area contributed by atoms with Crippen molar-refractivity contribution in [3.8, 4) is 11.5 Å². The summed E-state index contributed by atoms with van der Waals surface area (Å²) in [5, 5.41) is 3.93. The Kier molecular flexibility index (Phi) is 3.88. The summed E-state index contributed by atoms with van der Waals surface area (Å²) in [6, 6.07) is 6.99. The van der Waals surface area contributed by atoms with Crippen molar-refractivity contribution in [1.82, 2.24) is 14.6 Å². The fourth-order valence-corrected chi connectivity index (χ4v) is 2.60. The Labute approximate surface area is 130 Å². The van der Waals surface area contributed by atoms with Gasteiger partial charge in [0.05, 0.1) is 19.9 Å². The first-order valence-corrected chi connectivity index (χ1v) is 7.32. The van der Waals surface area contributed by atoms with E-state index in [4.69, 9.17) is 9.47 Å². The molecule has 0 saturated heterocycles. The summed E-state index contributed by atoms with van der Waals surface area (Å²) >= 11 is 1.32. The molecule has 3 aromatic rings. The maximum absolute atomic E-state index is 11.9. The van der Waals surface area contributed by atoms with Gasteiger partial charge in [0.15, 0.2) is 0 Å². The molecule has 22 heavy (non-hydrogen) atoms. The zero-order valence-electron chi connectivity index (χ0n) is 12.0. The van der Waals surface area contributed by atoms with Crippen LogP contribution in [0.1, 0.15) is 11.3 Å². The van der Waals surface area contributed by atoms with Gasteiger partial charge in [0.25, 0.3) is 5.56 Å². The Hall–Kier alpha value is -2.67. The SMILES string of the molecule is COc1cc(/C=C/c2cc(=O)n3ncsc3n2)cc(OC)c1. The quantitative estimate of drug-likeness (QED) is 0.739. The lowest BCUT2D eigenvalue weighted by molar-refractivity contribution is 0.394. The molecule has 112 valence electrons. The molecular formula is C15H13N3O3S. The highest BCUT2D eigenvalue weighted by molar-refractivity contribution is 7.14. The van der Waals surface area contributed by atoms with Crippen molar-refractivity contribution in [2.45, 2.75) is 0 Å². The van der Waals surface area contributed by atoms with E-state index in [-0.39, 0.29) is 5.56 Å². The molecule has 0 spiro atoms. The summed E-state index contributed by atoms with van der Waals surface area (Å²) in [7, 11) is 3.20. The third-order valence-electron chi connectivity index (χ3n) is 3.03. The van der Waals surface area contributed by atoms with E-state index >= 15 is 0 Å². The molecule has 2 aromatic heterocycles. The van der Waals surface area contributed by atoms with Gasteiger partial charge in [0.2, 0.25) is 4.96 Å². The molecule has 1 aromatic carbocycles. The van der Waals surface area contributed by atoms with Crippen molar-refractivity contribution in [3.05, 3.63) is 51.4 Å². The number of ether oxygens (including phenoxy) is 2. The van der Waals surface area contributed by atoms with Gasteiger partial charge in [0, 0.05) is 12.1 Å². The Bertz CT molecular complexity index is 876. The molecule has 0 aliphatic heterocycles. The predicted octanol–water partition coefficient (Wildman–Crippen LogP) is 2.34. The van der Waals surface area contributed by atoms with Crippen LogP contribution in [0.2, 0.25) is 0 Å². The lowest BCUT2D eigenvalue weighted by Gasteiger charge is -2.05. The van der Waals surface area contributed by atoms with Crippen molar-refractivity contribution in [2.75, 3.05) is 14.2 Å². The number of aromatic nitrogens is 3. The van der Waals surface area contributed by atoms with Crippen molar-refractivity contribution < 1.29 is 9.47 Å². The van der Waals surface area contributed by atoms with Crippen LogP contribution >= 0.6 is 11.3 Å². The second-order valence-electron chi connectivity index (χ2n) is 4.43. The highest BCUT2D eigenvalue weighted by atomic mass is 32.1. The molecule has 0 amide bonds. The van der Waals surface area contributed by atoms with Gasteiger partial charge in [-0.25, -0.2) is 4.98 Å². The summed E-state index contributed by atoms with van der Waals surface area (Å²) in [5.74, 6) is 1.40. The van der Waals surface area contributed by atoms with E-state index in [0.29, 0.717) is 22.2 Å². The van der Waals surface area contributed by atoms with Gasteiger partial charge >= 0.3 is 0 Å². The molecule has 0 aliphatic rings. The monoisotopic (exact) mass is 315 g/mol. The van der Waals surface area contributed by atoms with Crippen LogP contribution in [0.4, 0.5) is 0 Å². The standard InChI is InChI=1S/C15H13N3O3S/c1-20-12-5-10(6-13(8-12)21-2)3-4-11-7-14(19)18-15(17-11)22-9-16-18/h3-9H,1-2H3/b4-3+. The first kappa shape index (κ1) is 14.3. The van der Waals surface area contributed by atoms with Crippen molar-refractivity contribution in [1.29, 1.82) is 0 Å². The summed E-state index contributed by atoms with van der Waals surface area (Å²) in [6.45, 7) is 0. The molecule has 6 nitrogen and oxygen atoms in total. The smallest absolute Gasteiger partial charge is 0.275 e. The second-order valence-corrected chi connectivity index (χ2v) is 5.24. The second kappa shape index (κ2) is 5.98. The molecule has 0 unspecified atom stereocenters. The minimum Gasteiger partial charge on any atom is -0.497 e. The third-order valence-corrected chi connectivity index (χ3v) is 3.70. The summed E-state index contributed by atoms with van der Waals surface area (Å²) in [4.78, 5) is 16.8. The Balaban J connectivity index is 1.97. The fraction of sp³-hybridized carbons (Fsp3) is 0.133. The van der Waals surface area contributed by atoms with Crippen LogP contribution < -0.4 is 15.0 Å². The molecule has 0 fully saturated rings. The molecule has 0 bridgehead atoms. The van der Waals surface area contributed by atoms with E-state index in [9.17, 15) is 4.79 Å². The van der Waals surface area contributed by atoms with Crippen LogP contribution in [0.5, 0.6) is 11.5 Å². The minimum atomic E-state index is -0.200. The molecule has 0 saturated carbocycles. The lowest BCUT2D eigenvalue weighted by Crippen LogP contribution is -2.13. The number of methoxy groups -OCH3 is 2.